The molecule has 0 atom stereocenters. The lowest BCUT2D eigenvalue weighted by Gasteiger charge is -2.00. The third-order valence-electron chi connectivity index (χ3n) is 4.50. The molecule has 3 rings (SSSR count). The first-order chi connectivity index (χ1) is 21.0. The molecule has 3 aromatic carbocycles. The highest BCUT2D eigenvalue weighted by Crippen LogP contribution is 2.19. The van der Waals surface area contributed by atoms with Crippen molar-refractivity contribution < 1.29 is 39.1 Å². The van der Waals surface area contributed by atoms with Gasteiger partial charge in [-0.15, -0.1) is 0 Å². The second kappa shape index (κ2) is 24.0. The van der Waals surface area contributed by atoms with E-state index in [2.05, 4.69) is 76.0 Å². The molecule has 0 saturated carbocycles. The van der Waals surface area contributed by atoms with Crippen molar-refractivity contribution in [2.45, 2.75) is 17.6 Å². The van der Waals surface area contributed by atoms with Gasteiger partial charge in [0.1, 0.15) is 3.74 Å². The number of non-ortho nitro benzene ring substituents is 3. The van der Waals surface area contributed by atoms with E-state index in [0.717, 1.165) is 6.92 Å². The van der Waals surface area contributed by atoms with Crippen molar-refractivity contribution in [1.29, 1.82) is 0 Å². The van der Waals surface area contributed by atoms with E-state index >= 15 is 0 Å². The fourth-order valence-corrected chi connectivity index (χ4v) is 3.46. The van der Waals surface area contributed by atoms with Gasteiger partial charge in [0.05, 0.1) is 20.1 Å². The minimum Gasteiger partial charge on any atom is -0.481 e. The number of hydrogen-bond donors (Lipinski definition) is 1. The first-order valence-corrected chi connectivity index (χ1v) is 18.2. The van der Waals surface area contributed by atoms with Crippen LogP contribution in [-0.4, -0.2) is 52.3 Å². The fourth-order valence-electron chi connectivity index (χ4n) is 2.61. The number of halogens is 5. The van der Waals surface area contributed by atoms with Crippen LogP contribution >= 0.6 is 76.0 Å². The first-order valence-electron chi connectivity index (χ1n) is 11.5. The number of ketones is 3. The Bertz CT molecular complexity index is 1470. The number of carboxylic acid groups (broad SMARTS) is 1. The number of carboxylic acids is 1. The Morgan fingerprint density at radius 2 is 1.00 bits per heavy atom. The van der Waals surface area contributed by atoms with Crippen LogP contribution < -0.4 is 0 Å². The SMILES string of the molecule is BrBr.CC(=O)O.CC(=O)c1cccc([N+](=O)[O-])c1.O=C(CBr)c1cccc([N+](=O)[O-])c1.O=C(c1cccc([N+](=O)[O-])c1)C(Br)Br. The Balaban J connectivity index is 0. The zero-order valence-electron chi connectivity index (χ0n) is 23.0. The molecule has 14 nitrogen and oxygen atoms in total. The Labute approximate surface area is 296 Å². The standard InChI is InChI=1S/C8H5Br2NO3.C8H6BrNO3.C8H7NO3.C2H4O2.Br2/c9-8(10)7(12)5-2-1-3-6(4-5)11(13)14;9-5-8(11)6-2-1-3-7(4-6)10(12)13;1-6(10)7-3-2-4-8(5-7)9(11)12;1-2(3)4;1-2/h1-4,8H;1-4H,5H2;2-5H,1H3;1H3,(H,3,4);. The normalized spacial score (nSPS) is 9.16. The summed E-state index contributed by atoms with van der Waals surface area (Å²) in [5, 5.41) is 38.6. The van der Waals surface area contributed by atoms with Crippen LogP contribution in [-0.2, 0) is 4.79 Å². The molecule has 0 saturated heterocycles. The average Bonchev–Trinajstić information content (AvgIpc) is 3.01. The molecule has 1 N–H and O–H groups in total. The summed E-state index contributed by atoms with van der Waals surface area (Å²) in [6.45, 7) is 2.46. The number of alkyl halides is 3. The molecule has 45 heavy (non-hydrogen) atoms. The third-order valence-corrected chi connectivity index (χ3v) is 5.84. The van der Waals surface area contributed by atoms with E-state index in [1.54, 1.807) is 12.1 Å². The molecule has 0 spiro atoms. The highest BCUT2D eigenvalue weighted by Gasteiger charge is 2.16. The molecule has 0 unspecified atom stereocenters. The molecule has 0 fully saturated rings. The molecule has 0 heterocycles. The molecule has 0 bridgehead atoms. The van der Waals surface area contributed by atoms with Crippen molar-refractivity contribution in [3.8, 4) is 0 Å². The largest absolute Gasteiger partial charge is 0.481 e. The van der Waals surface area contributed by atoms with Crippen molar-refractivity contribution in [1.82, 2.24) is 0 Å². The Kier molecular flexibility index (Phi) is 23.4. The lowest BCUT2D eigenvalue weighted by molar-refractivity contribution is -0.385. The van der Waals surface area contributed by atoms with Crippen LogP contribution in [0.2, 0.25) is 0 Å². The van der Waals surface area contributed by atoms with Crippen LogP contribution in [0.4, 0.5) is 17.1 Å². The predicted molar refractivity (Wildman–Crippen MR) is 185 cm³/mol. The van der Waals surface area contributed by atoms with E-state index in [0.29, 0.717) is 16.7 Å². The van der Waals surface area contributed by atoms with Crippen molar-refractivity contribution in [3.63, 3.8) is 0 Å². The number of carbonyl (C=O) groups is 4. The third kappa shape index (κ3) is 19.0. The second-order valence-electron chi connectivity index (χ2n) is 7.72. The van der Waals surface area contributed by atoms with Gasteiger partial charge in [0.15, 0.2) is 17.3 Å². The summed E-state index contributed by atoms with van der Waals surface area (Å²) in [7, 11) is 0. The highest BCUT2D eigenvalue weighted by molar-refractivity contribution is 9.93. The number of nitro groups is 3. The van der Waals surface area contributed by atoms with Gasteiger partial charge in [-0.25, -0.2) is 0 Å². The molecular formula is C26H22Br5N3O11. The van der Waals surface area contributed by atoms with Crippen LogP contribution in [0.3, 0.4) is 0 Å². The molecule has 19 heteroatoms. The first kappa shape index (κ1) is 43.9. The van der Waals surface area contributed by atoms with E-state index in [4.69, 9.17) is 9.90 Å². The second-order valence-corrected chi connectivity index (χ2v) is 11.3. The molecule has 0 radical (unpaired) electrons. The zero-order chi connectivity index (χ0) is 35.3. The summed E-state index contributed by atoms with van der Waals surface area (Å²) in [6.07, 6.45) is 0. The van der Waals surface area contributed by atoms with Gasteiger partial charge in [-0.1, -0.05) is 84.2 Å². The molecule has 0 aromatic heterocycles. The van der Waals surface area contributed by atoms with Crippen molar-refractivity contribution >= 4 is 116 Å². The predicted octanol–water partition coefficient (Wildman–Crippen LogP) is 8.65. The summed E-state index contributed by atoms with van der Waals surface area (Å²) in [6, 6.07) is 16.9. The van der Waals surface area contributed by atoms with Crippen molar-refractivity contribution in [3.05, 3.63) is 120 Å². The lowest BCUT2D eigenvalue weighted by Crippen LogP contribution is -2.07. The van der Waals surface area contributed by atoms with Crippen LogP contribution in [0, 0.1) is 30.3 Å². The van der Waals surface area contributed by atoms with Crippen LogP contribution in [0.5, 0.6) is 0 Å². The maximum absolute atomic E-state index is 11.4. The molecular weight excluding hydrogens is 930 g/mol. The fraction of sp³-hybridized carbons (Fsp3) is 0.154. The number of benzene rings is 3. The zero-order valence-corrected chi connectivity index (χ0v) is 30.9. The Hall–Kier alpha value is -3.26. The van der Waals surface area contributed by atoms with Gasteiger partial charge in [-0.05, 0) is 6.92 Å². The van der Waals surface area contributed by atoms with Gasteiger partial charge in [0, 0.05) is 88.3 Å². The maximum Gasteiger partial charge on any atom is 0.300 e. The minimum atomic E-state index is -0.833. The Morgan fingerprint density at radius 1 is 0.689 bits per heavy atom. The van der Waals surface area contributed by atoms with E-state index in [1.165, 1.54) is 67.6 Å². The van der Waals surface area contributed by atoms with Gasteiger partial charge in [0.2, 0.25) is 0 Å². The molecule has 0 aliphatic carbocycles. The smallest absolute Gasteiger partial charge is 0.300 e. The van der Waals surface area contributed by atoms with Gasteiger partial charge < -0.3 is 5.11 Å². The quantitative estimate of drug-likeness (QED) is 0.0975. The van der Waals surface area contributed by atoms with E-state index in [9.17, 15) is 44.7 Å². The average molecular weight is 952 g/mol. The number of Topliss-reactive ketones (excluding diaryl/α,β-unsaturated/α-hetero) is 3. The van der Waals surface area contributed by atoms with Crippen molar-refractivity contribution in [2.24, 2.45) is 0 Å². The lowest BCUT2D eigenvalue weighted by atomic mass is 10.1. The number of aliphatic carboxylic acids is 1. The Morgan fingerprint density at radius 3 is 1.31 bits per heavy atom. The molecule has 3 aromatic rings. The highest BCUT2D eigenvalue weighted by atomic mass is 80.9. The number of nitro benzene ring substituents is 3. The summed E-state index contributed by atoms with van der Waals surface area (Å²) in [4.78, 5) is 71.8. The summed E-state index contributed by atoms with van der Waals surface area (Å²) in [5.41, 5.74) is 0.819. The maximum atomic E-state index is 11.4. The van der Waals surface area contributed by atoms with E-state index in [1.807, 2.05) is 0 Å². The van der Waals surface area contributed by atoms with Crippen LogP contribution in [0.1, 0.15) is 44.9 Å². The van der Waals surface area contributed by atoms with Gasteiger partial charge in [0.25, 0.3) is 23.0 Å². The van der Waals surface area contributed by atoms with Crippen LogP contribution in [0.25, 0.3) is 0 Å². The molecule has 0 aliphatic heterocycles. The summed E-state index contributed by atoms with van der Waals surface area (Å²) < 4.78 is -0.517. The summed E-state index contributed by atoms with van der Waals surface area (Å²) >= 11 is 14.6. The summed E-state index contributed by atoms with van der Waals surface area (Å²) in [5.74, 6) is -1.41. The number of hydrogen-bond acceptors (Lipinski definition) is 10. The van der Waals surface area contributed by atoms with Gasteiger partial charge >= 0.3 is 0 Å². The van der Waals surface area contributed by atoms with Crippen molar-refractivity contribution in [2.75, 3.05) is 5.33 Å². The van der Waals surface area contributed by atoms with E-state index in [-0.39, 0.29) is 39.7 Å². The van der Waals surface area contributed by atoms with Gasteiger partial charge in [-0.2, -0.15) is 0 Å². The topological polar surface area (TPSA) is 218 Å². The molecule has 0 aliphatic rings. The van der Waals surface area contributed by atoms with Gasteiger partial charge in [-0.3, -0.25) is 49.5 Å². The monoisotopic (exact) mass is 947 g/mol. The van der Waals surface area contributed by atoms with Crippen LogP contribution in [0.15, 0.2) is 72.8 Å². The van der Waals surface area contributed by atoms with E-state index < -0.39 is 24.5 Å². The number of carbonyl (C=O) groups excluding carboxylic acids is 3. The number of nitrogens with zero attached hydrogens (tertiary/aromatic N) is 3. The molecule has 242 valence electrons. The number of rotatable bonds is 8. The minimum absolute atomic E-state index is 0.0531. The molecule has 0 amide bonds.